The third kappa shape index (κ3) is 4.85. The molecule has 0 aliphatic carbocycles. The number of urea groups is 1. The van der Waals surface area contributed by atoms with Crippen molar-refractivity contribution in [3.63, 3.8) is 0 Å². The molecule has 2 heterocycles. The third-order valence-corrected chi connectivity index (χ3v) is 4.69. The van der Waals surface area contributed by atoms with Gasteiger partial charge >= 0.3 is 12.0 Å². The second-order valence-electron chi connectivity index (χ2n) is 4.91. The van der Waals surface area contributed by atoms with Crippen molar-refractivity contribution in [1.29, 1.82) is 0 Å². The van der Waals surface area contributed by atoms with Gasteiger partial charge in [0.15, 0.2) is 0 Å². The number of carbonyl (C=O) groups is 2. The largest absolute Gasteiger partial charge is 0.480 e. The second kappa shape index (κ2) is 7.21. The molecule has 2 amide bonds. The first kappa shape index (κ1) is 15.5. The smallest absolute Gasteiger partial charge is 0.326 e. The molecule has 0 unspecified atom stereocenters. The van der Waals surface area contributed by atoms with Gasteiger partial charge < -0.3 is 20.7 Å². The van der Waals surface area contributed by atoms with Crippen LogP contribution in [0.15, 0.2) is 12.5 Å². The van der Waals surface area contributed by atoms with E-state index >= 15 is 0 Å². The summed E-state index contributed by atoms with van der Waals surface area (Å²) in [6, 6.07) is -1.59. The van der Waals surface area contributed by atoms with Gasteiger partial charge in [-0.3, -0.25) is 4.21 Å². The van der Waals surface area contributed by atoms with Crippen LogP contribution in [0.1, 0.15) is 18.5 Å². The van der Waals surface area contributed by atoms with E-state index in [0.717, 1.165) is 0 Å². The minimum Gasteiger partial charge on any atom is -0.480 e. The number of hydrogen-bond donors (Lipinski definition) is 4. The molecule has 1 saturated heterocycles. The van der Waals surface area contributed by atoms with Crippen LogP contribution in [0, 0.1) is 0 Å². The number of amides is 2. The zero-order chi connectivity index (χ0) is 15.2. The van der Waals surface area contributed by atoms with Gasteiger partial charge in [0.2, 0.25) is 0 Å². The highest BCUT2D eigenvalue weighted by atomic mass is 32.2. The van der Waals surface area contributed by atoms with Crippen molar-refractivity contribution in [2.75, 3.05) is 11.5 Å². The second-order valence-corrected chi connectivity index (χ2v) is 6.61. The summed E-state index contributed by atoms with van der Waals surface area (Å²) in [6.45, 7) is 0. The van der Waals surface area contributed by atoms with Gasteiger partial charge in [0.1, 0.15) is 6.04 Å². The number of rotatable bonds is 5. The van der Waals surface area contributed by atoms with Crippen LogP contribution in [-0.2, 0) is 22.0 Å². The molecule has 1 aliphatic heterocycles. The van der Waals surface area contributed by atoms with Gasteiger partial charge in [0, 0.05) is 46.7 Å². The van der Waals surface area contributed by atoms with Crippen LogP contribution >= 0.6 is 0 Å². The lowest BCUT2D eigenvalue weighted by Gasteiger charge is -2.23. The highest BCUT2D eigenvalue weighted by Gasteiger charge is 2.24. The molecule has 8 nitrogen and oxygen atoms in total. The standard InChI is InChI=1S/C12H18N4O4S/c17-11(18)10(5-9-6-13-7-14-9)16-12(19)15-8-1-3-21(20)4-2-8/h6-8,10H,1-5H2,(H,13,14)(H,17,18)(H2,15,16,19)/t8?,10-,21?/m1/s1. The SMILES string of the molecule is O=C(NC1CCS(=O)CC1)N[C@H](Cc1cnc[nH]1)C(=O)O. The molecule has 0 bridgehead atoms. The van der Waals surface area contributed by atoms with Crippen molar-refractivity contribution in [2.24, 2.45) is 0 Å². The lowest BCUT2D eigenvalue weighted by atomic mass is 10.1. The number of H-pyrrole nitrogens is 1. The van der Waals surface area contributed by atoms with E-state index in [-0.39, 0.29) is 12.5 Å². The maximum Gasteiger partial charge on any atom is 0.326 e. The van der Waals surface area contributed by atoms with E-state index < -0.39 is 28.8 Å². The molecular formula is C12H18N4O4S. The minimum absolute atomic E-state index is 0.0516. The van der Waals surface area contributed by atoms with Crippen LogP contribution in [0.2, 0.25) is 0 Å². The number of imidazole rings is 1. The molecule has 0 radical (unpaired) electrons. The van der Waals surface area contributed by atoms with Crippen molar-refractivity contribution in [3.8, 4) is 0 Å². The van der Waals surface area contributed by atoms with E-state index in [0.29, 0.717) is 30.0 Å². The Morgan fingerprint density at radius 2 is 2.19 bits per heavy atom. The number of nitrogens with one attached hydrogen (secondary N) is 3. The normalized spacial score (nSPS) is 23.2. The van der Waals surface area contributed by atoms with E-state index in [1.807, 2.05) is 0 Å². The van der Waals surface area contributed by atoms with Crippen molar-refractivity contribution in [3.05, 3.63) is 18.2 Å². The van der Waals surface area contributed by atoms with Gasteiger partial charge in [-0.05, 0) is 12.8 Å². The molecule has 0 saturated carbocycles. The van der Waals surface area contributed by atoms with Gasteiger partial charge in [0.05, 0.1) is 6.33 Å². The van der Waals surface area contributed by atoms with Crippen molar-refractivity contribution in [2.45, 2.75) is 31.3 Å². The minimum atomic E-state index is -1.11. The summed E-state index contributed by atoms with van der Waals surface area (Å²) in [5.41, 5.74) is 0.635. The molecule has 0 aromatic carbocycles. The summed E-state index contributed by atoms with van der Waals surface area (Å²) < 4.78 is 11.2. The van der Waals surface area contributed by atoms with E-state index in [1.54, 1.807) is 0 Å². The Morgan fingerprint density at radius 3 is 2.76 bits per heavy atom. The van der Waals surface area contributed by atoms with E-state index in [1.165, 1.54) is 12.5 Å². The predicted octanol–water partition coefficient (Wildman–Crippen LogP) is -0.384. The molecule has 9 heteroatoms. The lowest BCUT2D eigenvalue weighted by Crippen LogP contribution is -2.51. The quantitative estimate of drug-likeness (QED) is 0.589. The first-order chi connectivity index (χ1) is 10.0. The molecule has 2 rings (SSSR count). The van der Waals surface area contributed by atoms with Crippen LogP contribution in [0.3, 0.4) is 0 Å². The van der Waals surface area contributed by atoms with Gasteiger partial charge in [0.25, 0.3) is 0 Å². The number of aromatic amines is 1. The number of hydrogen-bond acceptors (Lipinski definition) is 4. The highest BCUT2D eigenvalue weighted by Crippen LogP contribution is 2.09. The molecular weight excluding hydrogens is 296 g/mol. The molecule has 1 fully saturated rings. The monoisotopic (exact) mass is 314 g/mol. The summed E-state index contributed by atoms with van der Waals surface area (Å²) in [4.78, 5) is 29.6. The molecule has 21 heavy (non-hydrogen) atoms. The summed E-state index contributed by atoms with van der Waals surface area (Å²) >= 11 is 0. The van der Waals surface area contributed by atoms with Gasteiger partial charge in [-0.1, -0.05) is 0 Å². The maximum atomic E-state index is 11.8. The summed E-state index contributed by atoms with van der Waals surface area (Å²) in [7, 11) is -0.793. The molecule has 1 aliphatic rings. The van der Waals surface area contributed by atoms with Crippen LogP contribution in [0.5, 0.6) is 0 Å². The Labute approximate surface area is 124 Å². The fraction of sp³-hybridized carbons (Fsp3) is 0.583. The number of aromatic nitrogens is 2. The highest BCUT2D eigenvalue weighted by molar-refractivity contribution is 7.85. The van der Waals surface area contributed by atoms with Crippen LogP contribution in [-0.4, -0.2) is 54.9 Å². The Kier molecular flexibility index (Phi) is 5.32. The number of carboxylic acid groups (broad SMARTS) is 1. The van der Waals surface area contributed by atoms with Gasteiger partial charge in [-0.2, -0.15) is 0 Å². The summed E-state index contributed by atoms with van der Waals surface area (Å²) in [6.07, 6.45) is 4.41. The number of carboxylic acids is 1. The molecule has 116 valence electrons. The molecule has 4 N–H and O–H groups in total. The number of carbonyl (C=O) groups excluding carboxylic acids is 1. The fourth-order valence-electron chi connectivity index (χ4n) is 2.14. The van der Waals surface area contributed by atoms with Gasteiger partial charge in [-0.25, -0.2) is 14.6 Å². The van der Waals surface area contributed by atoms with E-state index in [9.17, 15) is 13.8 Å². The fourth-order valence-corrected chi connectivity index (χ4v) is 3.44. The van der Waals surface area contributed by atoms with E-state index in [2.05, 4.69) is 20.6 Å². The Morgan fingerprint density at radius 1 is 1.48 bits per heavy atom. The summed E-state index contributed by atoms with van der Waals surface area (Å²) in [5.74, 6) is 0.0348. The number of aliphatic carboxylic acids is 1. The predicted molar refractivity (Wildman–Crippen MR) is 76.3 cm³/mol. The summed E-state index contributed by atoms with van der Waals surface area (Å²) in [5, 5.41) is 14.3. The number of nitrogens with zero attached hydrogens (tertiary/aromatic N) is 1. The zero-order valence-corrected chi connectivity index (χ0v) is 12.2. The van der Waals surface area contributed by atoms with Crippen molar-refractivity contribution in [1.82, 2.24) is 20.6 Å². The van der Waals surface area contributed by atoms with Crippen LogP contribution in [0.25, 0.3) is 0 Å². The van der Waals surface area contributed by atoms with Crippen LogP contribution in [0.4, 0.5) is 4.79 Å². The lowest BCUT2D eigenvalue weighted by molar-refractivity contribution is -0.139. The third-order valence-electron chi connectivity index (χ3n) is 3.31. The van der Waals surface area contributed by atoms with Crippen LogP contribution < -0.4 is 10.6 Å². The zero-order valence-electron chi connectivity index (χ0n) is 11.4. The molecule has 0 spiro atoms. The molecule has 1 atom stereocenters. The van der Waals surface area contributed by atoms with Crippen molar-refractivity contribution < 1.29 is 18.9 Å². The topological polar surface area (TPSA) is 124 Å². The Hall–Kier alpha value is -1.90. The van der Waals surface area contributed by atoms with Crippen molar-refractivity contribution >= 4 is 22.8 Å². The van der Waals surface area contributed by atoms with Gasteiger partial charge in [-0.15, -0.1) is 0 Å². The first-order valence-corrected chi connectivity index (χ1v) is 8.15. The average Bonchev–Trinajstić information content (AvgIpc) is 2.93. The maximum absolute atomic E-state index is 11.8. The Bertz CT molecular complexity index is 509. The molecule has 1 aromatic rings. The van der Waals surface area contributed by atoms with E-state index in [4.69, 9.17) is 5.11 Å². The first-order valence-electron chi connectivity index (χ1n) is 6.66. The Balaban J connectivity index is 1.83. The molecule has 1 aromatic heterocycles. The average molecular weight is 314 g/mol.